The van der Waals surface area contributed by atoms with Crippen LogP contribution in [0.25, 0.3) is 10.9 Å². The van der Waals surface area contributed by atoms with E-state index in [1.54, 1.807) is 4.57 Å². The molecule has 3 rings (SSSR count). The number of benzene rings is 1. The summed E-state index contributed by atoms with van der Waals surface area (Å²) in [6.45, 7) is 7.21. The summed E-state index contributed by atoms with van der Waals surface area (Å²) in [4.78, 5) is 26.0. The molecule has 146 valence electrons. The van der Waals surface area contributed by atoms with Crippen LogP contribution in [0, 0.1) is 11.7 Å². The smallest absolute Gasteiger partial charge is 0.341 e. The lowest BCUT2D eigenvalue weighted by Gasteiger charge is -2.37. The van der Waals surface area contributed by atoms with Crippen LogP contribution in [0.2, 0.25) is 0 Å². The van der Waals surface area contributed by atoms with Crippen molar-refractivity contribution in [2.24, 2.45) is 5.92 Å². The molecule has 6 nitrogen and oxygen atoms in total. The van der Waals surface area contributed by atoms with Gasteiger partial charge in [-0.15, -0.1) is 0 Å². The van der Waals surface area contributed by atoms with Crippen molar-refractivity contribution in [1.29, 1.82) is 0 Å². The van der Waals surface area contributed by atoms with Gasteiger partial charge in [0, 0.05) is 36.8 Å². The number of nitrogens with zero attached hydrogens (tertiary/aromatic N) is 2. The number of aryl methyl sites for hydroxylation is 2. The highest BCUT2D eigenvalue weighted by Gasteiger charge is 2.29. The molecule has 0 spiro atoms. The molecule has 2 heterocycles. The molecule has 1 aromatic carbocycles. The summed E-state index contributed by atoms with van der Waals surface area (Å²) in [7, 11) is 0. The summed E-state index contributed by atoms with van der Waals surface area (Å²) in [6.07, 6.45) is 2.00. The van der Waals surface area contributed by atoms with Crippen molar-refractivity contribution in [1.82, 2.24) is 4.57 Å². The van der Waals surface area contributed by atoms with E-state index in [-0.39, 0.29) is 16.9 Å². The number of carboxylic acid groups (broad SMARTS) is 1. The number of piperidine rings is 1. The Morgan fingerprint density at radius 1 is 1.37 bits per heavy atom. The summed E-state index contributed by atoms with van der Waals surface area (Å²) < 4.78 is 16.8. The van der Waals surface area contributed by atoms with Crippen molar-refractivity contribution in [2.45, 2.75) is 46.3 Å². The van der Waals surface area contributed by atoms with E-state index in [1.807, 2.05) is 25.7 Å². The molecule has 27 heavy (non-hydrogen) atoms. The Kier molecular flexibility index (Phi) is 5.24. The van der Waals surface area contributed by atoms with Crippen molar-refractivity contribution in [3.8, 4) is 0 Å². The van der Waals surface area contributed by atoms with Gasteiger partial charge in [-0.2, -0.15) is 0 Å². The van der Waals surface area contributed by atoms with Crippen molar-refractivity contribution in [3.63, 3.8) is 0 Å². The maximum atomic E-state index is 15.1. The molecule has 2 N–H and O–H groups in total. The summed E-state index contributed by atoms with van der Waals surface area (Å²) in [5.74, 6) is -1.82. The molecule has 0 unspecified atom stereocenters. The maximum absolute atomic E-state index is 15.1. The zero-order chi connectivity index (χ0) is 19.9. The molecule has 1 aliphatic heterocycles. The van der Waals surface area contributed by atoms with Gasteiger partial charge in [0.05, 0.1) is 17.3 Å². The molecule has 1 fully saturated rings. The first-order valence-corrected chi connectivity index (χ1v) is 9.34. The predicted molar refractivity (Wildman–Crippen MR) is 102 cm³/mol. The van der Waals surface area contributed by atoms with Crippen LogP contribution in [0.4, 0.5) is 10.1 Å². The van der Waals surface area contributed by atoms with Gasteiger partial charge in [0.25, 0.3) is 0 Å². The number of aromatic nitrogens is 1. The average Bonchev–Trinajstić information content (AvgIpc) is 2.63. The highest BCUT2D eigenvalue weighted by molar-refractivity contribution is 5.95. The van der Waals surface area contributed by atoms with Gasteiger partial charge in [-0.05, 0) is 31.7 Å². The molecule has 1 aliphatic rings. The minimum Gasteiger partial charge on any atom is -0.477 e. The third kappa shape index (κ3) is 3.20. The zero-order valence-electron chi connectivity index (χ0n) is 15.8. The van der Waals surface area contributed by atoms with E-state index in [9.17, 15) is 19.8 Å². The average molecular weight is 376 g/mol. The first kappa shape index (κ1) is 19.4. The van der Waals surface area contributed by atoms with E-state index in [4.69, 9.17) is 0 Å². The lowest BCUT2D eigenvalue weighted by Crippen LogP contribution is -2.42. The van der Waals surface area contributed by atoms with Crippen LogP contribution in [0.5, 0.6) is 0 Å². The molecule has 0 bridgehead atoms. The number of aromatic carboxylic acids is 1. The predicted octanol–water partition coefficient (Wildman–Crippen LogP) is 2.63. The fourth-order valence-corrected chi connectivity index (χ4v) is 4.02. The quantitative estimate of drug-likeness (QED) is 0.857. The molecule has 7 heteroatoms. The van der Waals surface area contributed by atoms with Gasteiger partial charge >= 0.3 is 5.97 Å². The lowest BCUT2D eigenvalue weighted by atomic mass is 9.94. The van der Waals surface area contributed by atoms with Gasteiger partial charge in [-0.1, -0.05) is 13.8 Å². The van der Waals surface area contributed by atoms with E-state index < -0.39 is 23.3 Å². The molecular weight excluding hydrogens is 351 g/mol. The summed E-state index contributed by atoms with van der Waals surface area (Å²) in [5.41, 5.74) is 0.723. The van der Waals surface area contributed by atoms with Crippen LogP contribution in [0.15, 0.2) is 17.1 Å². The van der Waals surface area contributed by atoms with Gasteiger partial charge in [0.15, 0.2) is 0 Å². The number of carbonyl (C=O) groups is 1. The highest BCUT2D eigenvalue weighted by Crippen LogP contribution is 2.34. The molecule has 0 aliphatic carbocycles. The minimum absolute atomic E-state index is 0.0151. The van der Waals surface area contributed by atoms with Crippen LogP contribution in [0.1, 0.15) is 43.1 Å². The molecule has 2 aromatic rings. The van der Waals surface area contributed by atoms with Gasteiger partial charge in [0.1, 0.15) is 11.4 Å². The first-order valence-electron chi connectivity index (χ1n) is 9.34. The first-order chi connectivity index (χ1) is 12.8. The monoisotopic (exact) mass is 376 g/mol. The fraction of sp³-hybridized carbons (Fsp3) is 0.500. The van der Waals surface area contributed by atoms with Gasteiger partial charge < -0.3 is 19.7 Å². The maximum Gasteiger partial charge on any atom is 0.341 e. The Bertz CT molecular complexity index is 953. The number of fused-ring (bicyclic) bond motifs is 1. The molecule has 0 saturated carbocycles. The molecule has 0 amide bonds. The molecule has 1 aromatic heterocycles. The number of halogens is 1. The summed E-state index contributed by atoms with van der Waals surface area (Å²) >= 11 is 0. The molecular formula is C20H25FN2O4. The Morgan fingerprint density at radius 3 is 2.63 bits per heavy atom. The third-order valence-corrected chi connectivity index (χ3v) is 5.49. The van der Waals surface area contributed by atoms with Crippen LogP contribution < -0.4 is 10.3 Å². The Hall–Kier alpha value is -2.41. The number of carboxylic acids is 1. The second kappa shape index (κ2) is 7.31. The van der Waals surface area contributed by atoms with E-state index in [0.717, 1.165) is 0 Å². The standard InChI is InChI=1S/C20H25FN2O4/c1-4-12-17-13(19(25)14(20(26)27)10-22(17)5-2)8-15(21)18(12)23-7-6-16(24)11(3)9-23/h8,10-11,16,24H,4-7,9H2,1-3H3,(H,26,27)/t11-,16-/m0/s1. The number of aliphatic hydroxyl groups excluding tert-OH is 1. The van der Waals surface area contributed by atoms with E-state index >= 15 is 4.39 Å². The normalized spacial score (nSPS) is 20.3. The molecule has 2 atom stereocenters. The molecule has 1 saturated heterocycles. The van der Waals surface area contributed by atoms with Gasteiger partial charge in [-0.3, -0.25) is 4.79 Å². The topological polar surface area (TPSA) is 82.8 Å². The number of pyridine rings is 1. The van der Waals surface area contributed by atoms with Crippen LogP contribution in [-0.2, 0) is 13.0 Å². The number of hydrogen-bond acceptors (Lipinski definition) is 4. The van der Waals surface area contributed by atoms with Crippen LogP contribution >= 0.6 is 0 Å². The van der Waals surface area contributed by atoms with Gasteiger partial charge in [0.2, 0.25) is 5.43 Å². The van der Waals surface area contributed by atoms with Crippen molar-refractivity contribution >= 4 is 22.6 Å². The SMILES string of the molecule is CCc1c(N2CC[C@H](O)[C@@H](C)C2)c(F)cc2c(=O)c(C(=O)O)cn(CC)c12. The Labute approximate surface area is 156 Å². The van der Waals surface area contributed by atoms with Crippen molar-refractivity contribution < 1.29 is 19.4 Å². The number of aliphatic hydroxyl groups is 1. The van der Waals surface area contributed by atoms with E-state index in [1.165, 1.54) is 12.3 Å². The van der Waals surface area contributed by atoms with Gasteiger partial charge in [-0.25, -0.2) is 9.18 Å². The second-order valence-electron chi connectivity index (χ2n) is 7.18. The summed E-state index contributed by atoms with van der Waals surface area (Å²) in [6, 6.07) is 1.17. The van der Waals surface area contributed by atoms with Crippen molar-refractivity contribution in [3.05, 3.63) is 39.4 Å². The van der Waals surface area contributed by atoms with Crippen LogP contribution in [-0.4, -0.2) is 39.9 Å². The fourth-order valence-electron chi connectivity index (χ4n) is 4.02. The lowest BCUT2D eigenvalue weighted by molar-refractivity contribution is 0.0694. The summed E-state index contributed by atoms with van der Waals surface area (Å²) in [5, 5.41) is 19.4. The Morgan fingerprint density at radius 2 is 2.07 bits per heavy atom. The largest absolute Gasteiger partial charge is 0.477 e. The van der Waals surface area contributed by atoms with E-state index in [0.29, 0.717) is 49.2 Å². The third-order valence-electron chi connectivity index (χ3n) is 5.49. The van der Waals surface area contributed by atoms with Crippen molar-refractivity contribution in [2.75, 3.05) is 18.0 Å². The minimum atomic E-state index is -1.31. The zero-order valence-corrected chi connectivity index (χ0v) is 15.8. The highest BCUT2D eigenvalue weighted by atomic mass is 19.1. The number of anilines is 1. The van der Waals surface area contributed by atoms with E-state index in [2.05, 4.69) is 0 Å². The second-order valence-corrected chi connectivity index (χ2v) is 7.18. The molecule has 0 radical (unpaired) electrons. The van der Waals surface area contributed by atoms with Crippen LogP contribution in [0.3, 0.4) is 0 Å². The number of hydrogen-bond donors (Lipinski definition) is 2. The number of rotatable bonds is 4. The Balaban J connectivity index is 2.31.